The van der Waals surface area contributed by atoms with E-state index in [0.717, 1.165) is 17.5 Å². The van der Waals surface area contributed by atoms with Crippen LogP contribution in [0.2, 0.25) is 0 Å². The van der Waals surface area contributed by atoms with E-state index < -0.39 is 0 Å². The molecule has 0 amide bonds. The van der Waals surface area contributed by atoms with Gasteiger partial charge in [-0.25, -0.2) is 0 Å². The first kappa shape index (κ1) is 15.2. The van der Waals surface area contributed by atoms with Crippen molar-refractivity contribution in [2.75, 3.05) is 0 Å². The fourth-order valence-corrected chi connectivity index (χ4v) is 2.61. The van der Waals surface area contributed by atoms with Crippen molar-refractivity contribution in [3.63, 3.8) is 0 Å². The third-order valence-corrected chi connectivity index (χ3v) is 3.87. The second kappa shape index (κ2) is 6.64. The summed E-state index contributed by atoms with van der Waals surface area (Å²) in [6.07, 6.45) is 0.908. The Bertz CT molecular complexity index is 976. The molecule has 7 heteroatoms. The number of aromatic nitrogens is 6. The lowest BCUT2D eigenvalue weighted by Gasteiger charge is -2.01. The van der Waals surface area contributed by atoms with Crippen molar-refractivity contribution in [1.29, 1.82) is 0 Å². The zero-order chi connectivity index (χ0) is 17.1. The smallest absolute Gasteiger partial charge is 0.250 e. The van der Waals surface area contributed by atoms with Gasteiger partial charge in [0.25, 0.3) is 5.89 Å². The highest BCUT2D eigenvalue weighted by Crippen LogP contribution is 2.21. The Kier molecular flexibility index (Phi) is 4.04. The lowest BCUT2D eigenvalue weighted by atomic mass is 10.1. The Morgan fingerprint density at radius 2 is 1.76 bits per heavy atom. The van der Waals surface area contributed by atoms with Gasteiger partial charge in [0, 0.05) is 11.1 Å². The van der Waals surface area contributed by atoms with E-state index in [0.29, 0.717) is 17.5 Å². The molecule has 7 nitrogen and oxygen atoms in total. The molecule has 4 rings (SSSR count). The summed E-state index contributed by atoms with van der Waals surface area (Å²) in [7, 11) is 0. The number of tetrazole rings is 1. The second-order valence-corrected chi connectivity index (χ2v) is 5.53. The van der Waals surface area contributed by atoms with Gasteiger partial charge in [0.05, 0.1) is 0 Å². The van der Waals surface area contributed by atoms with Crippen LogP contribution in [0.4, 0.5) is 0 Å². The summed E-state index contributed by atoms with van der Waals surface area (Å²) in [6, 6.07) is 17.7. The molecule has 2 aromatic carbocycles. The predicted octanol–water partition coefficient (Wildman–Crippen LogP) is 3.00. The number of hydrogen-bond donors (Lipinski definition) is 0. The van der Waals surface area contributed by atoms with Crippen LogP contribution in [0.1, 0.15) is 18.4 Å². The van der Waals surface area contributed by atoms with Gasteiger partial charge in [-0.05, 0) is 17.2 Å². The maximum atomic E-state index is 5.35. The van der Waals surface area contributed by atoms with Crippen molar-refractivity contribution in [2.45, 2.75) is 19.9 Å². The molecule has 0 unspecified atom stereocenters. The fraction of sp³-hybridized carbons (Fsp3) is 0.167. The molecule has 0 saturated carbocycles. The van der Waals surface area contributed by atoms with Gasteiger partial charge in [0.1, 0.15) is 6.54 Å². The maximum absolute atomic E-state index is 5.35. The second-order valence-electron chi connectivity index (χ2n) is 5.53. The minimum absolute atomic E-state index is 0.279. The molecule has 0 N–H and O–H groups in total. The molecule has 0 spiro atoms. The molecule has 0 fully saturated rings. The molecule has 0 bridgehead atoms. The van der Waals surface area contributed by atoms with Crippen LogP contribution in [0.15, 0.2) is 59.1 Å². The van der Waals surface area contributed by atoms with Crippen LogP contribution >= 0.6 is 0 Å². The number of rotatable bonds is 5. The molecule has 0 aliphatic heterocycles. The van der Waals surface area contributed by atoms with Gasteiger partial charge < -0.3 is 4.52 Å². The van der Waals surface area contributed by atoms with Crippen molar-refractivity contribution >= 4 is 0 Å². The quantitative estimate of drug-likeness (QED) is 0.559. The molecular weight excluding hydrogens is 316 g/mol. The normalized spacial score (nSPS) is 10.9. The Balaban J connectivity index is 1.55. The molecule has 0 saturated heterocycles. The first-order valence-electron chi connectivity index (χ1n) is 8.07. The molecular formula is C18H16N6O. The summed E-state index contributed by atoms with van der Waals surface area (Å²) in [5, 5.41) is 16.6. The van der Waals surface area contributed by atoms with Gasteiger partial charge in [-0.15, -0.1) is 10.2 Å². The summed E-state index contributed by atoms with van der Waals surface area (Å²) in [4.78, 5) is 5.91. The highest BCUT2D eigenvalue weighted by atomic mass is 16.5. The van der Waals surface area contributed by atoms with Crippen molar-refractivity contribution in [1.82, 2.24) is 30.3 Å². The van der Waals surface area contributed by atoms with E-state index in [1.165, 1.54) is 10.4 Å². The predicted molar refractivity (Wildman–Crippen MR) is 91.5 cm³/mol. The molecule has 0 radical (unpaired) electrons. The highest BCUT2D eigenvalue weighted by molar-refractivity contribution is 5.59. The van der Waals surface area contributed by atoms with Gasteiger partial charge >= 0.3 is 0 Å². The van der Waals surface area contributed by atoms with E-state index in [1.807, 2.05) is 48.5 Å². The Hall–Kier alpha value is -3.35. The van der Waals surface area contributed by atoms with Crippen LogP contribution in [-0.4, -0.2) is 30.3 Å². The lowest BCUT2D eigenvalue weighted by Crippen LogP contribution is -2.04. The highest BCUT2D eigenvalue weighted by Gasteiger charge is 2.13. The third-order valence-electron chi connectivity index (χ3n) is 3.87. The van der Waals surface area contributed by atoms with E-state index in [-0.39, 0.29) is 6.54 Å². The largest absolute Gasteiger partial charge is 0.337 e. The molecule has 2 aromatic heterocycles. The van der Waals surface area contributed by atoms with E-state index in [2.05, 4.69) is 38.5 Å². The number of hydrogen-bond acceptors (Lipinski definition) is 6. The van der Waals surface area contributed by atoms with Gasteiger partial charge in [-0.1, -0.05) is 66.7 Å². The van der Waals surface area contributed by atoms with Gasteiger partial charge in [-0.2, -0.15) is 9.78 Å². The zero-order valence-corrected chi connectivity index (χ0v) is 13.7. The minimum atomic E-state index is 0.279. The van der Waals surface area contributed by atoms with E-state index in [4.69, 9.17) is 4.52 Å². The molecule has 25 heavy (non-hydrogen) atoms. The monoisotopic (exact) mass is 332 g/mol. The third kappa shape index (κ3) is 3.16. The first-order chi connectivity index (χ1) is 12.3. The average molecular weight is 332 g/mol. The minimum Gasteiger partial charge on any atom is -0.337 e. The van der Waals surface area contributed by atoms with Crippen molar-refractivity contribution in [3.8, 4) is 22.8 Å². The Labute approximate surface area is 144 Å². The fourth-order valence-electron chi connectivity index (χ4n) is 2.61. The summed E-state index contributed by atoms with van der Waals surface area (Å²) in [6.45, 7) is 2.38. The van der Waals surface area contributed by atoms with Crippen LogP contribution in [0.25, 0.3) is 22.8 Å². The van der Waals surface area contributed by atoms with Crippen LogP contribution < -0.4 is 0 Å². The van der Waals surface area contributed by atoms with Crippen LogP contribution in [0.3, 0.4) is 0 Å². The Morgan fingerprint density at radius 3 is 2.60 bits per heavy atom. The van der Waals surface area contributed by atoms with E-state index >= 15 is 0 Å². The number of aryl methyl sites for hydroxylation is 1. The van der Waals surface area contributed by atoms with Gasteiger partial charge in [-0.3, -0.25) is 0 Å². The van der Waals surface area contributed by atoms with Crippen LogP contribution in [-0.2, 0) is 13.0 Å². The van der Waals surface area contributed by atoms with Crippen molar-refractivity contribution < 1.29 is 4.52 Å². The molecule has 2 heterocycles. The molecule has 0 aliphatic carbocycles. The van der Waals surface area contributed by atoms with Crippen LogP contribution in [0.5, 0.6) is 0 Å². The first-order valence-corrected chi connectivity index (χ1v) is 8.07. The van der Waals surface area contributed by atoms with Gasteiger partial charge in [0.15, 0.2) is 0 Å². The van der Waals surface area contributed by atoms with Crippen molar-refractivity contribution in [3.05, 3.63) is 66.1 Å². The van der Waals surface area contributed by atoms with E-state index in [9.17, 15) is 0 Å². The Morgan fingerprint density at radius 1 is 0.960 bits per heavy atom. The average Bonchev–Trinajstić information content (AvgIpc) is 3.32. The molecule has 124 valence electrons. The topological polar surface area (TPSA) is 82.5 Å². The van der Waals surface area contributed by atoms with E-state index in [1.54, 1.807) is 0 Å². The summed E-state index contributed by atoms with van der Waals surface area (Å²) in [5.74, 6) is 1.59. The number of benzene rings is 2. The summed E-state index contributed by atoms with van der Waals surface area (Å²) < 4.78 is 5.35. The summed E-state index contributed by atoms with van der Waals surface area (Å²) >= 11 is 0. The zero-order valence-electron chi connectivity index (χ0n) is 13.7. The van der Waals surface area contributed by atoms with Gasteiger partial charge in [0.2, 0.25) is 11.6 Å². The van der Waals surface area contributed by atoms with Crippen LogP contribution in [0, 0.1) is 0 Å². The lowest BCUT2D eigenvalue weighted by molar-refractivity contribution is 0.356. The number of nitrogens with zero attached hydrogens (tertiary/aromatic N) is 6. The molecule has 0 atom stereocenters. The SMILES string of the molecule is CCc1ccccc1-c1noc(Cn2nnc(-c3ccccc3)n2)n1. The molecule has 0 aliphatic rings. The van der Waals surface area contributed by atoms with Crippen molar-refractivity contribution in [2.24, 2.45) is 0 Å². The molecule has 4 aromatic rings. The summed E-state index contributed by atoms with van der Waals surface area (Å²) in [5.41, 5.74) is 3.08. The standard InChI is InChI=1S/C18H16N6O/c1-2-13-8-6-7-11-15(13)18-19-16(25-22-18)12-24-21-17(20-23-24)14-9-4-3-5-10-14/h3-11H,2,12H2,1H3. The maximum Gasteiger partial charge on any atom is 0.250 e.